The van der Waals surface area contributed by atoms with E-state index in [1.165, 1.54) is 4.88 Å². The molecule has 2 aromatic heterocycles. The maximum atomic E-state index is 8.68. The highest BCUT2D eigenvalue weighted by molar-refractivity contribution is 9.10. The van der Waals surface area contributed by atoms with Gasteiger partial charge in [0.05, 0.1) is 6.54 Å². The highest BCUT2D eigenvalue weighted by Crippen LogP contribution is 2.20. The van der Waals surface area contributed by atoms with Crippen LogP contribution in [0.4, 0.5) is 5.95 Å². The van der Waals surface area contributed by atoms with E-state index < -0.39 is 0 Å². The number of aromatic nitrogens is 2. The molecule has 0 aromatic carbocycles. The largest absolute Gasteiger partial charge is 0.349 e. The summed E-state index contributed by atoms with van der Waals surface area (Å²) in [5, 5.41) is 13.8. The smallest absolute Gasteiger partial charge is 0.224 e. The fraction of sp³-hybridized carbons (Fsp3) is 0.100. The van der Waals surface area contributed by atoms with Crippen LogP contribution < -0.4 is 5.32 Å². The minimum Gasteiger partial charge on any atom is -0.349 e. The second kappa shape index (κ2) is 5.05. The molecule has 0 saturated heterocycles. The van der Waals surface area contributed by atoms with Gasteiger partial charge in [0.2, 0.25) is 5.95 Å². The Labute approximate surface area is 105 Å². The summed E-state index contributed by atoms with van der Waals surface area (Å²) in [5.74, 6) is 0.476. The number of hydrogen-bond acceptors (Lipinski definition) is 5. The SMILES string of the molecule is N#Cc1ccnc(NCc2cc(Br)cs2)n1. The zero-order valence-electron chi connectivity index (χ0n) is 8.14. The van der Waals surface area contributed by atoms with Crippen molar-refractivity contribution in [3.63, 3.8) is 0 Å². The topological polar surface area (TPSA) is 61.6 Å². The predicted molar refractivity (Wildman–Crippen MR) is 66.1 cm³/mol. The van der Waals surface area contributed by atoms with Crippen molar-refractivity contribution in [1.82, 2.24) is 9.97 Å². The van der Waals surface area contributed by atoms with Crippen molar-refractivity contribution in [3.05, 3.63) is 38.8 Å². The van der Waals surface area contributed by atoms with E-state index in [0.29, 0.717) is 18.2 Å². The van der Waals surface area contributed by atoms with Gasteiger partial charge in [0.1, 0.15) is 11.8 Å². The van der Waals surface area contributed by atoms with Gasteiger partial charge in [-0.3, -0.25) is 0 Å². The average Bonchev–Trinajstić information content (AvgIpc) is 2.73. The number of nitriles is 1. The van der Waals surface area contributed by atoms with E-state index in [2.05, 4.69) is 31.2 Å². The fourth-order valence-corrected chi connectivity index (χ4v) is 2.51. The molecule has 0 bridgehead atoms. The molecule has 0 unspecified atom stereocenters. The van der Waals surface area contributed by atoms with Crippen LogP contribution in [0.5, 0.6) is 0 Å². The van der Waals surface area contributed by atoms with Gasteiger partial charge in [0, 0.05) is 20.9 Å². The van der Waals surface area contributed by atoms with Crippen molar-refractivity contribution in [2.45, 2.75) is 6.54 Å². The van der Waals surface area contributed by atoms with Gasteiger partial charge < -0.3 is 5.32 Å². The van der Waals surface area contributed by atoms with Gasteiger partial charge in [0.25, 0.3) is 0 Å². The van der Waals surface area contributed by atoms with Crippen LogP contribution in [0.25, 0.3) is 0 Å². The Morgan fingerprint density at radius 1 is 1.56 bits per heavy atom. The average molecular weight is 295 g/mol. The molecule has 0 aliphatic carbocycles. The molecular formula is C10H7BrN4S. The molecule has 0 aliphatic heterocycles. The quantitative estimate of drug-likeness (QED) is 0.945. The molecule has 0 fully saturated rings. The van der Waals surface area contributed by atoms with Crippen LogP contribution in [0.1, 0.15) is 10.6 Å². The standard InChI is InChI=1S/C10H7BrN4S/c11-7-3-9(16-6-7)5-14-10-13-2-1-8(4-12)15-10/h1-3,6H,5H2,(H,13,14,15). The molecule has 0 saturated carbocycles. The first-order valence-corrected chi connectivity index (χ1v) is 6.15. The number of thiophene rings is 1. The lowest BCUT2D eigenvalue weighted by Crippen LogP contribution is -2.02. The number of rotatable bonds is 3. The zero-order valence-corrected chi connectivity index (χ0v) is 10.5. The number of halogens is 1. The van der Waals surface area contributed by atoms with Crippen molar-refractivity contribution < 1.29 is 0 Å². The van der Waals surface area contributed by atoms with Gasteiger partial charge in [-0.15, -0.1) is 11.3 Å². The molecule has 0 atom stereocenters. The number of nitrogens with one attached hydrogen (secondary N) is 1. The van der Waals surface area contributed by atoms with E-state index in [1.807, 2.05) is 17.5 Å². The van der Waals surface area contributed by atoms with E-state index in [0.717, 1.165) is 4.47 Å². The summed E-state index contributed by atoms with van der Waals surface area (Å²) in [4.78, 5) is 9.23. The third-order valence-electron chi connectivity index (χ3n) is 1.81. The second-order valence-electron chi connectivity index (χ2n) is 2.96. The van der Waals surface area contributed by atoms with Crippen LogP contribution in [0.15, 0.2) is 28.2 Å². The maximum Gasteiger partial charge on any atom is 0.224 e. The van der Waals surface area contributed by atoms with Crippen molar-refractivity contribution in [2.75, 3.05) is 5.32 Å². The van der Waals surface area contributed by atoms with Crippen LogP contribution in [-0.4, -0.2) is 9.97 Å². The van der Waals surface area contributed by atoms with E-state index in [4.69, 9.17) is 5.26 Å². The Morgan fingerprint density at radius 3 is 3.12 bits per heavy atom. The predicted octanol–water partition coefficient (Wildman–Crippen LogP) is 2.78. The third kappa shape index (κ3) is 2.78. The normalized spacial score (nSPS) is 9.75. The molecule has 4 nitrogen and oxygen atoms in total. The highest BCUT2D eigenvalue weighted by Gasteiger charge is 2.00. The molecule has 0 radical (unpaired) electrons. The third-order valence-corrected chi connectivity index (χ3v) is 3.51. The lowest BCUT2D eigenvalue weighted by molar-refractivity contribution is 1.06. The second-order valence-corrected chi connectivity index (χ2v) is 4.87. The Hall–Kier alpha value is -1.45. The maximum absolute atomic E-state index is 8.68. The zero-order chi connectivity index (χ0) is 11.4. The van der Waals surface area contributed by atoms with Gasteiger partial charge in [-0.2, -0.15) is 5.26 Å². The summed E-state index contributed by atoms with van der Waals surface area (Å²) in [6.45, 7) is 0.658. The number of hydrogen-bond donors (Lipinski definition) is 1. The number of nitrogens with zero attached hydrogens (tertiary/aromatic N) is 3. The first-order chi connectivity index (χ1) is 7.78. The van der Waals surface area contributed by atoms with Gasteiger partial charge in [-0.1, -0.05) is 0 Å². The summed E-state index contributed by atoms with van der Waals surface area (Å²) >= 11 is 5.04. The van der Waals surface area contributed by atoms with Crippen LogP contribution in [0.3, 0.4) is 0 Å². The fourth-order valence-electron chi connectivity index (χ4n) is 1.12. The Balaban J connectivity index is 2.02. The minimum atomic E-state index is 0.366. The van der Waals surface area contributed by atoms with E-state index in [9.17, 15) is 0 Å². The summed E-state index contributed by atoms with van der Waals surface area (Å²) in [5.41, 5.74) is 0.366. The Kier molecular flexibility index (Phi) is 3.49. The molecule has 0 aliphatic rings. The van der Waals surface area contributed by atoms with Gasteiger partial charge in [-0.25, -0.2) is 9.97 Å². The van der Waals surface area contributed by atoms with E-state index in [-0.39, 0.29) is 0 Å². The first kappa shape index (κ1) is 11.0. The lowest BCUT2D eigenvalue weighted by Gasteiger charge is -2.01. The lowest BCUT2D eigenvalue weighted by atomic mass is 10.4. The molecule has 0 spiro atoms. The van der Waals surface area contributed by atoms with E-state index >= 15 is 0 Å². The summed E-state index contributed by atoms with van der Waals surface area (Å²) in [6, 6.07) is 5.58. The van der Waals surface area contributed by atoms with Gasteiger partial charge >= 0.3 is 0 Å². The molecule has 2 heterocycles. The van der Waals surface area contributed by atoms with Crippen LogP contribution in [0, 0.1) is 11.3 Å². The Morgan fingerprint density at radius 2 is 2.44 bits per heavy atom. The van der Waals surface area contributed by atoms with Crippen LogP contribution >= 0.6 is 27.3 Å². The summed E-state index contributed by atoms with van der Waals surface area (Å²) in [6.07, 6.45) is 1.57. The van der Waals surface area contributed by atoms with Gasteiger partial charge in [0.15, 0.2) is 0 Å². The molecule has 1 N–H and O–H groups in total. The molecule has 2 aromatic rings. The molecule has 80 valence electrons. The van der Waals surface area contributed by atoms with Crippen molar-refractivity contribution in [1.29, 1.82) is 5.26 Å². The van der Waals surface area contributed by atoms with Crippen molar-refractivity contribution in [3.8, 4) is 6.07 Å². The summed E-state index contributed by atoms with van der Waals surface area (Å²) < 4.78 is 1.07. The highest BCUT2D eigenvalue weighted by atomic mass is 79.9. The van der Waals surface area contributed by atoms with Gasteiger partial charge in [-0.05, 0) is 28.1 Å². The Bertz CT molecular complexity index is 532. The molecular weight excluding hydrogens is 288 g/mol. The molecule has 16 heavy (non-hydrogen) atoms. The minimum absolute atomic E-state index is 0.366. The van der Waals surface area contributed by atoms with Crippen molar-refractivity contribution in [2.24, 2.45) is 0 Å². The molecule has 2 rings (SSSR count). The molecule has 0 amide bonds. The molecule has 6 heteroatoms. The van der Waals surface area contributed by atoms with Crippen LogP contribution in [0.2, 0.25) is 0 Å². The summed E-state index contributed by atoms with van der Waals surface area (Å²) in [7, 11) is 0. The van der Waals surface area contributed by atoms with Crippen LogP contribution in [-0.2, 0) is 6.54 Å². The number of anilines is 1. The first-order valence-electron chi connectivity index (χ1n) is 4.48. The van der Waals surface area contributed by atoms with E-state index in [1.54, 1.807) is 23.6 Å². The monoisotopic (exact) mass is 294 g/mol. The van der Waals surface area contributed by atoms with Crippen molar-refractivity contribution >= 4 is 33.2 Å².